The van der Waals surface area contributed by atoms with Crippen LogP contribution in [0.25, 0.3) is 0 Å². The van der Waals surface area contributed by atoms with Crippen LogP contribution in [0.2, 0.25) is 0 Å². The highest BCUT2D eigenvalue weighted by molar-refractivity contribution is 8.00. The number of nitrogens with two attached hydrogens (primary N) is 1. The van der Waals surface area contributed by atoms with Crippen LogP contribution in [0.3, 0.4) is 0 Å². The van der Waals surface area contributed by atoms with E-state index in [1.54, 1.807) is 18.7 Å². The minimum Gasteiger partial charge on any atom is -0.462 e. The van der Waals surface area contributed by atoms with Crippen LogP contribution in [0.4, 0.5) is 17.2 Å². The molecule has 2 N–H and O–H groups in total. The number of rotatable bonds is 7. The topological polar surface area (TPSA) is 98.4 Å². The molecule has 2 aromatic carbocycles. The number of nitrogens with zero attached hydrogens (tertiary/aromatic N) is 3. The summed E-state index contributed by atoms with van der Waals surface area (Å²) in [5.74, 6) is -0.683. The van der Waals surface area contributed by atoms with Gasteiger partial charge in [0.05, 0.1) is 11.9 Å². The average Bonchev–Trinajstić information content (AvgIpc) is 2.75. The van der Waals surface area contributed by atoms with E-state index in [0.29, 0.717) is 5.16 Å². The first-order valence-electron chi connectivity index (χ1n) is 9.41. The summed E-state index contributed by atoms with van der Waals surface area (Å²) in [4.78, 5) is 35.2. The van der Waals surface area contributed by atoms with E-state index < -0.39 is 11.2 Å². The normalized spacial score (nSPS) is 11.5. The summed E-state index contributed by atoms with van der Waals surface area (Å²) in [7, 11) is 0. The number of anilines is 3. The maximum absolute atomic E-state index is 13.3. The molecule has 0 fully saturated rings. The summed E-state index contributed by atoms with van der Waals surface area (Å²) in [6, 6.07) is 18.9. The fourth-order valence-corrected chi connectivity index (χ4v) is 3.54. The number of aromatic nitrogens is 2. The van der Waals surface area contributed by atoms with Crippen molar-refractivity contribution in [3.8, 4) is 0 Å². The number of amides is 1. The van der Waals surface area contributed by atoms with Crippen LogP contribution in [-0.4, -0.2) is 33.7 Å². The Bertz CT molecular complexity index is 976. The molecule has 0 saturated heterocycles. The van der Waals surface area contributed by atoms with E-state index in [0.717, 1.165) is 11.4 Å². The number of benzene rings is 2. The van der Waals surface area contributed by atoms with Crippen molar-refractivity contribution in [2.24, 2.45) is 0 Å². The average molecular weight is 423 g/mol. The maximum Gasteiger partial charge on any atom is 0.343 e. The number of hydrogen-bond acceptors (Lipinski definition) is 7. The highest BCUT2D eigenvalue weighted by atomic mass is 32.2. The lowest BCUT2D eigenvalue weighted by Gasteiger charge is -2.25. The maximum atomic E-state index is 13.3. The minimum absolute atomic E-state index is 0.0218. The van der Waals surface area contributed by atoms with Crippen LogP contribution in [0.15, 0.2) is 72.0 Å². The highest BCUT2D eigenvalue weighted by Gasteiger charge is 2.25. The Hall–Kier alpha value is -3.39. The zero-order valence-electron chi connectivity index (χ0n) is 16.7. The van der Waals surface area contributed by atoms with Gasteiger partial charge in [0.15, 0.2) is 5.16 Å². The molecule has 3 rings (SSSR count). The van der Waals surface area contributed by atoms with Gasteiger partial charge in [0.2, 0.25) is 5.91 Å². The number of carbonyl (C=O) groups is 2. The Balaban J connectivity index is 1.82. The summed E-state index contributed by atoms with van der Waals surface area (Å²) in [5.41, 5.74) is 7.52. The first kappa shape index (κ1) is 21.3. The summed E-state index contributed by atoms with van der Waals surface area (Å²) < 4.78 is 4.93. The lowest BCUT2D eigenvalue weighted by Crippen LogP contribution is -2.32. The molecule has 0 aliphatic rings. The Morgan fingerprint density at radius 2 is 1.63 bits per heavy atom. The van der Waals surface area contributed by atoms with Gasteiger partial charge in [-0.05, 0) is 38.1 Å². The van der Waals surface area contributed by atoms with E-state index in [-0.39, 0.29) is 23.9 Å². The van der Waals surface area contributed by atoms with E-state index in [2.05, 4.69) is 9.97 Å². The SMILES string of the molecule is CCOC(=O)c1cnc(S[C@@H](C)C(=O)N(c2ccccc2)c2ccccc2)nc1N. The van der Waals surface area contributed by atoms with Gasteiger partial charge in [0.25, 0.3) is 0 Å². The third kappa shape index (κ3) is 4.96. The van der Waals surface area contributed by atoms with Crippen molar-refractivity contribution < 1.29 is 14.3 Å². The molecule has 0 saturated carbocycles. The van der Waals surface area contributed by atoms with Gasteiger partial charge < -0.3 is 10.5 Å². The number of nitrogen functional groups attached to an aromatic ring is 1. The molecule has 0 spiro atoms. The predicted molar refractivity (Wildman–Crippen MR) is 118 cm³/mol. The summed E-state index contributed by atoms with van der Waals surface area (Å²) >= 11 is 1.17. The van der Waals surface area contributed by atoms with Gasteiger partial charge in [-0.25, -0.2) is 14.8 Å². The van der Waals surface area contributed by atoms with Gasteiger partial charge in [0, 0.05) is 17.6 Å². The molecule has 8 heteroatoms. The van der Waals surface area contributed by atoms with Crippen molar-refractivity contribution in [2.45, 2.75) is 24.3 Å². The smallest absolute Gasteiger partial charge is 0.343 e. The molecule has 1 amide bonds. The Labute approximate surface area is 179 Å². The third-order valence-corrected chi connectivity index (χ3v) is 5.13. The molecule has 1 aromatic heterocycles. The molecule has 3 aromatic rings. The van der Waals surface area contributed by atoms with Crippen LogP contribution in [0.1, 0.15) is 24.2 Å². The molecule has 7 nitrogen and oxygen atoms in total. The zero-order chi connectivity index (χ0) is 21.5. The quantitative estimate of drug-likeness (QED) is 0.348. The molecule has 0 aliphatic heterocycles. The van der Waals surface area contributed by atoms with Crippen LogP contribution >= 0.6 is 11.8 Å². The molecule has 0 bridgehead atoms. The van der Waals surface area contributed by atoms with Crippen LogP contribution in [0, 0.1) is 0 Å². The molecule has 0 unspecified atom stereocenters. The van der Waals surface area contributed by atoms with E-state index in [9.17, 15) is 9.59 Å². The van der Waals surface area contributed by atoms with Crippen LogP contribution in [0.5, 0.6) is 0 Å². The van der Waals surface area contributed by atoms with Crippen molar-refractivity contribution in [3.63, 3.8) is 0 Å². The Morgan fingerprint density at radius 1 is 1.07 bits per heavy atom. The van der Waals surface area contributed by atoms with Crippen molar-refractivity contribution in [1.29, 1.82) is 0 Å². The summed E-state index contributed by atoms with van der Waals surface area (Å²) in [6.45, 7) is 3.72. The molecule has 0 radical (unpaired) electrons. The molecule has 154 valence electrons. The first-order chi connectivity index (χ1) is 14.5. The minimum atomic E-state index is -0.574. The van der Waals surface area contributed by atoms with Gasteiger partial charge in [0.1, 0.15) is 11.4 Å². The first-order valence-corrected chi connectivity index (χ1v) is 10.3. The number of esters is 1. The lowest BCUT2D eigenvalue weighted by molar-refractivity contribution is -0.117. The second-order valence-corrected chi connectivity index (χ2v) is 7.58. The monoisotopic (exact) mass is 422 g/mol. The Kier molecular flexibility index (Phi) is 7.03. The van der Waals surface area contributed by atoms with Gasteiger partial charge in [-0.2, -0.15) is 0 Å². The molecule has 1 heterocycles. The largest absolute Gasteiger partial charge is 0.462 e. The molecule has 1 atom stereocenters. The molecule has 0 aliphatic carbocycles. The third-order valence-electron chi connectivity index (χ3n) is 4.17. The van der Waals surface area contributed by atoms with Gasteiger partial charge in [-0.15, -0.1) is 0 Å². The fourth-order valence-electron chi connectivity index (χ4n) is 2.75. The lowest BCUT2D eigenvalue weighted by atomic mass is 10.2. The number of hydrogen-bond donors (Lipinski definition) is 1. The van der Waals surface area contributed by atoms with E-state index in [1.807, 2.05) is 60.7 Å². The van der Waals surface area contributed by atoms with Gasteiger partial charge >= 0.3 is 5.97 Å². The van der Waals surface area contributed by atoms with Crippen molar-refractivity contribution in [1.82, 2.24) is 9.97 Å². The molecule has 30 heavy (non-hydrogen) atoms. The Morgan fingerprint density at radius 3 is 2.13 bits per heavy atom. The number of ether oxygens (including phenoxy) is 1. The molecular formula is C22H22N4O3S. The van der Waals surface area contributed by atoms with Crippen LogP contribution < -0.4 is 10.6 Å². The second kappa shape index (κ2) is 9.89. The number of thioether (sulfide) groups is 1. The van der Waals surface area contributed by atoms with Crippen molar-refractivity contribution in [2.75, 3.05) is 17.2 Å². The zero-order valence-corrected chi connectivity index (χ0v) is 17.5. The van der Waals surface area contributed by atoms with E-state index in [1.165, 1.54) is 18.0 Å². The fraction of sp³-hybridized carbons (Fsp3) is 0.182. The number of carbonyl (C=O) groups excluding carboxylic acids is 2. The second-order valence-electron chi connectivity index (χ2n) is 6.28. The number of para-hydroxylation sites is 2. The molecular weight excluding hydrogens is 400 g/mol. The highest BCUT2D eigenvalue weighted by Crippen LogP contribution is 2.30. The van der Waals surface area contributed by atoms with Crippen LogP contribution in [-0.2, 0) is 9.53 Å². The predicted octanol–water partition coefficient (Wildman–Crippen LogP) is 4.08. The van der Waals surface area contributed by atoms with Crippen molar-refractivity contribution in [3.05, 3.63) is 72.4 Å². The van der Waals surface area contributed by atoms with Gasteiger partial charge in [-0.3, -0.25) is 9.69 Å². The van der Waals surface area contributed by atoms with Crippen molar-refractivity contribution >= 4 is 40.8 Å². The summed E-state index contributed by atoms with van der Waals surface area (Å²) in [5, 5.41) is -0.194. The van der Waals surface area contributed by atoms with E-state index >= 15 is 0 Å². The standard InChI is InChI=1S/C22H22N4O3S/c1-3-29-21(28)18-14-24-22(25-19(18)23)30-15(2)20(27)26(16-10-6-4-7-11-16)17-12-8-5-9-13-17/h4-15H,3H2,1-2H3,(H2,23,24,25)/t15-/m0/s1. The van der Waals surface area contributed by atoms with E-state index in [4.69, 9.17) is 10.5 Å². The summed E-state index contributed by atoms with van der Waals surface area (Å²) in [6.07, 6.45) is 1.33. The van der Waals surface area contributed by atoms with Gasteiger partial charge in [-0.1, -0.05) is 48.2 Å².